The van der Waals surface area contributed by atoms with Crippen LogP contribution in [0.2, 0.25) is 0 Å². The van der Waals surface area contributed by atoms with Crippen LogP contribution in [0.15, 0.2) is 66.7 Å². The summed E-state index contributed by atoms with van der Waals surface area (Å²) in [6, 6.07) is 22.7. The van der Waals surface area contributed by atoms with E-state index in [0.717, 1.165) is 22.3 Å². The zero-order chi connectivity index (χ0) is 23.2. The Bertz CT molecular complexity index is 974. The van der Waals surface area contributed by atoms with Crippen molar-refractivity contribution in [2.24, 2.45) is 0 Å². The molecule has 0 amide bonds. The minimum atomic E-state index is 0.0739. The fraction of sp³-hybridized carbons (Fsp3) is 0.429. The lowest BCUT2D eigenvalue weighted by molar-refractivity contribution is 0.150. The molecule has 0 aliphatic carbocycles. The molecule has 1 aliphatic rings. The zero-order valence-electron chi connectivity index (χ0n) is 20.1. The molecule has 0 radical (unpaired) electrons. The summed E-state index contributed by atoms with van der Waals surface area (Å²) in [7, 11) is 2.06. The van der Waals surface area contributed by atoms with Crippen molar-refractivity contribution in [1.82, 2.24) is 10.6 Å². The van der Waals surface area contributed by atoms with E-state index in [0.29, 0.717) is 12.6 Å². The Balaban J connectivity index is 0.000000207. The molecule has 3 aromatic rings. The molecule has 0 saturated carbocycles. The number of fused-ring (bicyclic) bond motifs is 1. The van der Waals surface area contributed by atoms with Gasteiger partial charge in [0.2, 0.25) is 0 Å². The zero-order valence-corrected chi connectivity index (χ0v) is 20.1. The highest BCUT2D eigenvalue weighted by Gasteiger charge is 2.36. The quantitative estimate of drug-likeness (QED) is 0.501. The van der Waals surface area contributed by atoms with Crippen LogP contribution in [-0.4, -0.2) is 29.3 Å². The van der Waals surface area contributed by atoms with Gasteiger partial charge in [-0.15, -0.1) is 0 Å². The predicted octanol–water partition coefficient (Wildman–Crippen LogP) is 5.43. The number of ether oxygens (including phenoxy) is 1. The molecule has 4 rings (SSSR count). The largest absolute Gasteiger partial charge is 0.488 e. The Hall–Kier alpha value is -2.40. The lowest BCUT2D eigenvalue weighted by Crippen LogP contribution is -2.61. The molecule has 0 unspecified atom stereocenters. The number of nitrogens with one attached hydrogen (secondary N) is 2. The highest BCUT2D eigenvalue weighted by Crippen LogP contribution is 2.28. The maximum atomic E-state index is 9.02. The van der Waals surface area contributed by atoms with Gasteiger partial charge in [-0.05, 0) is 70.2 Å². The average Bonchev–Trinajstić information content (AvgIpc) is 2.76. The van der Waals surface area contributed by atoms with E-state index in [1.165, 1.54) is 18.2 Å². The fourth-order valence-corrected chi connectivity index (χ4v) is 4.75. The molecule has 1 heterocycles. The average molecular weight is 435 g/mol. The highest BCUT2D eigenvalue weighted by atomic mass is 16.5. The number of benzene rings is 3. The number of aliphatic hydroxyl groups is 1. The van der Waals surface area contributed by atoms with Gasteiger partial charge in [-0.25, -0.2) is 0 Å². The van der Waals surface area contributed by atoms with Crippen molar-refractivity contribution >= 4 is 10.8 Å². The van der Waals surface area contributed by atoms with Gasteiger partial charge in [0.1, 0.15) is 12.4 Å². The van der Waals surface area contributed by atoms with Crippen molar-refractivity contribution in [2.45, 2.75) is 70.9 Å². The van der Waals surface area contributed by atoms with Crippen molar-refractivity contribution in [3.8, 4) is 5.75 Å². The Morgan fingerprint density at radius 3 is 2.09 bits per heavy atom. The second-order valence-electron chi connectivity index (χ2n) is 10.0. The van der Waals surface area contributed by atoms with Gasteiger partial charge in [-0.2, -0.15) is 0 Å². The molecule has 3 N–H and O–H groups in total. The summed E-state index contributed by atoms with van der Waals surface area (Å²) in [5.74, 6) is 0.898. The van der Waals surface area contributed by atoms with Crippen LogP contribution in [0.4, 0.5) is 0 Å². The molecule has 4 nitrogen and oxygen atoms in total. The molecule has 1 saturated heterocycles. The molecule has 0 aromatic heterocycles. The first kappa shape index (κ1) is 24.2. The van der Waals surface area contributed by atoms with E-state index >= 15 is 0 Å². The number of hydrogen-bond donors (Lipinski definition) is 3. The maximum Gasteiger partial charge on any atom is 0.127 e. The Labute approximate surface area is 193 Å². The first-order valence-electron chi connectivity index (χ1n) is 11.5. The van der Waals surface area contributed by atoms with Gasteiger partial charge < -0.3 is 20.5 Å². The SMILES string of the molecule is CNC1CC(C)(C)NC(C)(C)C1.OCc1ccc(COc2cccc3ccccc23)cc1. The summed E-state index contributed by atoms with van der Waals surface area (Å²) in [6.45, 7) is 9.71. The first-order chi connectivity index (χ1) is 15.2. The van der Waals surface area contributed by atoms with Crippen LogP contribution in [0.3, 0.4) is 0 Å². The van der Waals surface area contributed by atoms with Crippen LogP contribution in [0, 0.1) is 0 Å². The van der Waals surface area contributed by atoms with Crippen LogP contribution in [0.1, 0.15) is 51.7 Å². The summed E-state index contributed by atoms with van der Waals surface area (Å²) in [6.07, 6.45) is 2.43. The van der Waals surface area contributed by atoms with E-state index < -0.39 is 0 Å². The summed E-state index contributed by atoms with van der Waals surface area (Å²) < 4.78 is 5.92. The molecular weight excluding hydrogens is 396 g/mol. The van der Waals surface area contributed by atoms with Gasteiger partial charge in [0.05, 0.1) is 6.61 Å². The maximum absolute atomic E-state index is 9.02. The van der Waals surface area contributed by atoms with Gasteiger partial charge in [-0.3, -0.25) is 0 Å². The van der Waals surface area contributed by atoms with Gasteiger partial charge >= 0.3 is 0 Å². The molecule has 0 atom stereocenters. The molecule has 4 heteroatoms. The van der Waals surface area contributed by atoms with Crippen molar-refractivity contribution in [1.29, 1.82) is 0 Å². The van der Waals surface area contributed by atoms with Gasteiger partial charge in [0, 0.05) is 22.5 Å². The van der Waals surface area contributed by atoms with Crippen LogP contribution in [0.5, 0.6) is 5.75 Å². The highest BCUT2D eigenvalue weighted by molar-refractivity contribution is 5.88. The van der Waals surface area contributed by atoms with Crippen molar-refractivity contribution in [3.05, 3.63) is 77.9 Å². The van der Waals surface area contributed by atoms with E-state index in [9.17, 15) is 0 Å². The number of piperidine rings is 1. The minimum absolute atomic E-state index is 0.0739. The van der Waals surface area contributed by atoms with Gasteiger partial charge in [0.25, 0.3) is 0 Å². The summed E-state index contributed by atoms with van der Waals surface area (Å²) in [5, 5.41) is 18.4. The van der Waals surface area contributed by atoms with E-state index in [4.69, 9.17) is 9.84 Å². The van der Waals surface area contributed by atoms with Crippen LogP contribution in [-0.2, 0) is 13.2 Å². The molecule has 1 aliphatic heterocycles. The van der Waals surface area contributed by atoms with Crippen LogP contribution < -0.4 is 15.4 Å². The van der Waals surface area contributed by atoms with Gasteiger partial charge in [0.15, 0.2) is 0 Å². The summed E-state index contributed by atoms with van der Waals surface area (Å²) >= 11 is 0. The fourth-order valence-electron chi connectivity index (χ4n) is 4.75. The molecule has 0 bridgehead atoms. The van der Waals surface area contributed by atoms with E-state index in [1.807, 2.05) is 48.5 Å². The third-order valence-corrected chi connectivity index (χ3v) is 5.95. The first-order valence-corrected chi connectivity index (χ1v) is 11.5. The normalized spacial score (nSPS) is 17.4. The molecule has 0 spiro atoms. The standard InChI is InChI=1S/C18H16O2.C10H22N2/c19-12-14-8-10-15(11-9-14)13-20-18-7-3-5-16-4-1-2-6-17(16)18;1-9(2)6-8(11-5)7-10(3,4)12-9/h1-11,19H,12-13H2;8,11-12H,6-7H2,1-5H3. The molecule has 1 fully saturated rings. The molecule has 32 heavy (non-hydrogen) atoms. The lowest BCUT2D eigenvalue weighted by Gasteiger charge is -2.46. The minimum Gasteiger partial charge on any atom is -0.488 e. The number of hydrogen-bond acceptors (Lipinski definition) is 4. The third kappa shape index (κ3) is 6.80. The molecular formula is C28H38N2O2. The monoisotopic (exact) mass is 434 g/mol. The predicted molar refractivity (Wildman–Crippen MR) is 134 cm³/mol. The second-order valence-corrected chi connectivity index (χ2v) is 10.0. The molecule has 172 valence electrons. The van der Waals surface area contributed by atoms with Crippen LogP contribution in [0.25, 0.3) is 10.8 Å². The molecule has 3 aromatic carbocycles. The summed E-state index contributed by atoms with van der Waals surface area (Å²) in [4.78, 5) is 0. The van der Waals surface area contributed by atoms with Crippen molar-refractivity contribution < 1.29 is 9.84 Å². The number of rotatable bonds is 5. The van der Waals surface area contributed by atoms with E-state index in [-0.39, 0.29) is 17.7 Å². The third-order valence-electron chi connectivity index (χ3n) is 5.95. The Kier molecular flexibility index (Phi) is 7.94. The second kappa shape index (κ2) is 10.5. The number of aliphatic hydroxyl groups excluding tert-OH is 1. The van der Waals surface area contributed by atoms with Crippen molar-refractivity contribution in [2.75, 3.05) is 7.05 Å². The topological polar surface area (TPSA) is 53.5 Å². The van der Waals surface area contributed by atoms with E-state index in [1.54, 1.807) is 0 Å². The smallest absolute Gasteiger partial charge is 0.127 e. The lowest BCUT2D eigenvalue weighted by atomic mass is 9.80. The Morgan fingerprint density at radius 2 is 1.47 bits per heavy atom. The van der Waals surface area contributed by atoms with E-state index in [2.05, 4.69) is 63.6 Å². The van der Waals surface area contributed by atoms with Gasteiger partial charge in [-0.1, -0.05) is 60.7 Å². The Morgan fingerprint density at radius 1 is 0.875 bits per heavy atom. The van der Waals surface area contributed by atoms with Crippen LogP contribution >= 0.6 is 0 Å². The summed E-state index contributed by atoms with van der Waals surface area (Å²) in [5.41, 5.74) is 2.55. The van der Waals surface area contributed by atoms with Crippen molar-refractivity contribution in [3.63, 3.8) is 0 Å².